The second-order valence-corrected chi connectivity index (χ2v) is 20.5. The highest BCUT2D eigenvalue weighted by molar-refractivity contribution is 5.87. The number of carbonyl (C=O) groups is 1. The van der Waals surface area contributed by atoms with Crippen LogP contribution in [-0.2, 0) is 58.8 Å². The topological polar surface area (TPSA) is 211 Å². The van der Waals surface area contributed by atoms with Crippen LogP contribution in [0.3, 0.4) is 0 Å². The van der Waals surface area contributed by atoms with E-state index < -0.39 is 113 Å². The predicted molar refractivity (Wildman–Crippen MR) is 232 cm³/mol. The number of aliphatic hydroxyl groups excluding tert-OH is 2. The summed E-state index contributed by atoms with van der Waals surface area (Å²) in [6.45, 7) is 10.6. The predicted octanol–water partition coefficient (Wildman–Crippen LogP) is 3.63. The van der Waals surface area contributed by atoms with E-state index in [1.54, 1.807) is 28.3 Å². The monoisotopic (exact) mass is 918 g/mol. The van der Waals surface area contributed by atoms with Crippen molar-refractivity contribution in [2.75, 3.05) is 21.3 Å². The van der Waals surface area contributed by atoms with E-state index in [9.17, 15) is 30.3 Å². The van der Waals surface area contributed by atoms with E-state index in [1.165, 1.54) is 13.8 Å². The number of hydrogen-bond acceptors (Lipinski definition) is 16. The number of benzene rings is 1. The molecular weight excluding hydrogens is 845 g/mol. The average molecular weight is 919 g/mol. The van der Waals surface area contributed by atoms with Crippen LogP contribution < -0.4 is 0 Å². The van der Waals surface area contributed by atoms with E-state index in [0.717, 1.165) is 11.1 Å². The van der Waals surface area contributed by atoms with E-state index in [4.69, 9.17) is 47.4 Å². The minimum absolute atomic E-state index is 0.0413. The zero-order valence-electron chi connectivity index (χ0n) is 39.5. The summed E-state index contributed by atoms with van der Waals surface area (Å²) >= 11 is 0. The molecule has 0 amide bonds. The second-order valence-electron chi connectivity index (χ2n) is 20.5. The minimum atomic E-state index is -2.08. The minimum Gasteiger partial charge on any atom is -0.390 e. The van der Waals surface area contributed by atoms with Gasteiger partial charge in [0.05, 0.1) is 67.0 Å². The smallest absolute Gasteiger partial charge is 0.162 e. The molecule has 0 unspecified atom stereocenters. The lowest BCUT2D eigenvalue weighted by Crippen LogP contribution is -2.82. The van der Waals surface area contributed by atoms with Crippen molar-refractivity contribution in [1.82, 2.24) is 0 Å². The van der Waals surface area contributed by atoms with Crippen LogP contribution in [0, 0.1) is 16.7 Å². The molecule has 0 aromatic heterocycles. The third-order valence-corrected chi connectivity index (χ3v) is 17.2. The first kappa shape index (κ1) is 49.5. The molecule has 4 aliphatic carbocycles. The highest BCUT2D eigenvalue weighted by Crippen LogP contribution is 2.71. The van der Waals surface area contributed by atoms with Crippen molar-refractivity contribution in [3.8, 4) is 0 Å². The molecular formula is C49H74O16. The van der Waals surface area contributed by atoms with Gasteiger partial charge in [-0.2, -0.15) is 0 Å². The molecule has 0 spiro atoms. The van der Waals surface area contributed by atoms with Crippen molar-refractivity contribution in [2.45, 2.75) is 215 Å². The number of aliphatic hydroxyl groups is 5. The molecule has 1 aromatic carbocycles. The molecule has 3 heterocycles. The summed E-state index contributed by atoms with van der Waals surface area (Å²) in [5.41, 5.74) is -6.58. The van der Waals surface area contributed by atoms with Crippen molar-refractivity contribution in [3.05, 3.63) is 47.5 Å². The molecule has 3 saturated heterocycles. The molecule has 16 nitrogen and oxygen atoms in total. The van der Waals surface area contributed by atoms with Gasteiger partial charge in [0.2, 0.25) is 0 Å². The molecule has 21 atom stereocenters. The highest BCUT2D eigenvalue weighted by atomic mass is 16.7. The number of fused-ring (bicyclic) bond motifs is 5. The third-order valence-electron chi connectivity index (χ3n) is 17.2. The lowest BCUT2D eigenvalue weighted by Gasteiger charge is -2.68. The Kier molecular flexibility index (Phi) is 14.3. The van der Waals surface area contributed by atoms with Crippen LogP contribution in [0.5, 0.6) is 0 Å². The SMILES string of the molecule is CO[C@H]1C[C@H](O[C@@H]2[C@H](C)O[C@@H](O[C@@H]3[C@H](C)O[C@@H](O[C@H]4CC[C@@]5(C)C(=CC[C@]6(O)[C@H]5[C@H](OCc5ccccc5)[C@@H](O)[C@@]5(C)[C@]6(O)CC[C@@]5(O)C(C)=O)C4)C[C@@H]3OC)C[C@@H]2OC)O[C@@H](C)[C@H]1O. The molecule has 0 bridgehead atoms. The Hall–Kier alpha value is -1.97. The van der Waals surface area contributed by atoms with Crippen molar-refractivity contribution in [2.24, 2.45) is 16.7 Å². The first-order chi connectivity index (χ1) is 30.8. The highest BCUT2D eigenvalue weighted by Gasteiger charge is 2.83. The molecule has 6 fully saturated rings. The van der Waals surface area contributed by atoms with E-state index >= 15 is 0 Å². The van der Waals surface area contributed by atoms with Gasteiger partial charge in [0, 0.05) is 46.5 Å². The first-order valence-electron chi connectivity index (χ1n) is 23.7. The molecule has 8 rings (SSSR count). The third kappa shape index (κ3) is 8.21. The molecule has 3 aliphatic heterocycles. The fourth-order valence-corrected chi connectivity index (χ4v) is 13.3. The first-order valence-corrected chi connectivity index (χ1v) is 23.7. The van der Waals surface area contributed by atoms with Crippen molar-refractivity contribution >= 4 is 5.78 Å². The van der Waals surface area contributed by atoms with Crippen LogP contribution in [0.25, 0.3) is 0 Å². The van der Waals surface area contributed by atoms with Gasteiger partial charge in [-0.1, -0.05) is 55.8 Å². The van der Waals surface area contributed by atoms with Crippen LogP contribution in [-0.4, -0.2) is 162 Å². The van der Waals surface area contributed by atoms with E-state index in [-0.39, 0.29) is 44.2 Å². The standard InChI is InChI=1S/C49H74O16/c1-26-39(51)33(56-7)22-37(60-26)64-41-28(3)62-38(24-35(41)58-9)65-40-27(2)61-36(23-34(40)57-8)63-32-16-17-45(5)31(21-32)15-18-48(54)43(45)42(59-25-30-13-11-10-12-14-30)44(52)46(6)47(53,29(4)50)19-20-49(46,48)55/h10-15,26-28,32-44,51-55H,16-25H2,1-9H3/t26-,27-,28-,32-,33-,34-,35-,36-,37-,38-,39+,40+,41+,42-,43-,44+,45-,46+,47+,48-,49+/m0/s1. The average Bonchev–Trinajstić information content (AvgIpc) is 3.51. The number of ether oxygens (including phenoxy) is 10. The molecule has 0 radical (unpaired) electrons. The summed E-state index contributed by atoms with van der Waals surface area (Å²) in [5, 5.41) is 60.8. The maximum absolute atomic E-state index is 13.2. The normalized spacial score (nSPS) is 49.9. The number of carbonyl (C=O) groups excluding carboxylic acids is 1. The Morgan fingerprint density at radius 2 is 1.29 bits per heavy atom. The lowest BCUT2D eigenvalue weighted by molar-refractivity contribution is -0.348. The number of ketones is 1. The van der Waals surface area contributed by atoms with Crippen molar-refractivity contribution < 1.29 is 77.7 Å². The summed E-state index contributed by atoms with van der Waals surface area (Å²) in [6, 6.07) is 9.54. The summed E-state index contributed by atoms with van der Waals surface area (Å²) < 4.78 is 62.6. The number of methoxy groups -OCH3 is 3. The van der Waals surface area contributed by atoms with Gasteiger partial charge in [0.15, 0.2) is 24.7 Å². The zero-order valence-corrected chi connectivity index (χ0v) is 39.5. The summed E-state index contributed by atoms with van der Waals surface area (Å²) in [7, 11) is 4.84. The van der Waals surface area contributed by atoms with E-state index in [1.807, 2.05) is 50.3 Å². The van der Waals surface area contributed by atoms with Crippen LogP contribution >= 0.6 is 0 Å². The van der Waals surface area contributed by atoms with Crippen molar-refractivity contribution in [3.63, 3.8) is 0 Å². The van der Waals surface area contributed by atoms with Crippen LogP contribution in [0.1, 0.15) is 105 Å². The maximum atomic E-state index is 13.2. The number of hydrogen-bond donors (Lipinski definition) is 5. The van der Waals surface area contributed by atoms with Gasteiger partial charge in [-0.25, -0.2) is 0 Å². The number of Topliss-reactive ketones (excluding diaryl/α,β-unsaturated/α-hetero) is 1. The Morgan fingerprint density at radius 3 is 1.86 bits per heavy atom. The fourth-order valence-electron chi connectivity index (χ4n) is 13.3. The van der Waals surface area contributed by atoms with Crippen LogP contribution in [0.4, 0.5) is 0 Å². The summed E-state index contributed by atoms with van der Waals surface area (Å²) in [4.78, 5) is 13.2. The quantitative estimate of drug-likeness (QED) is 0.179. The maximum Gasteiger partial charge on any atom is 0.162 e. The fraction of sp³-hybridized carbons (Fsp3) is 0.816. The lowest BCUT2D eigenvalue weighted by atomic mass is 9.41. The Morgan fingerprint density at radius 1 is 0.738 bits per heavy atom. The second kappa shape index (κ2) is 18.7. The molecule has 366 valence electrons. The van der Waals surface area contributed by atoms with Gasteiger partial charge in [0.25, 0.3) is 0 Å². The molecule has 7 aliphatic rings. The van der Waals surface area contributed by atoms with Gasteiger partial charge in [-0.05, 0) is 77.2 Å². The van der Waals surface area contributed by atoms with Gasteiger partial charge in [-0.3, -0.25) is 4.79 Å². The van der Waals surface area contributed by atoms with Gasteiger partial charge < -0.3 is 72.9 Å². The molecule has 5 N–H and O–H groups in total. The zero-order chi connectivity index (χ0) is 46.9. The van der Waals surface area contributed by atoms with Gasteiger partial charge >= 0.3 is 0 Å². The molecule has 16 heteroatoms. The van der Waals surface area contributed by atoms with Gasteiger partial charge in [0.1, 0.15) is 35.1 Å². The number of rotatable bonds is 13. The van der Waals surface area contributed by atoms with Gasteiger partial charge in [-0.15, -0.1) is 0 Å². The Balaban J connectivity index is 0.939. The molecule has 1 aromatic rings. The van der Waals surface area contributed by atoms with Crippen LogP contribution in [0.15, 0.2) is 42.0 Å². The molecule has 3 saturated carbocycles. The van der Waals surface area contributed by atoms with E-state index in [2.05, 4.69) is 6.92 Å². The van der Waals surface area contributed by atoms with Crippen molar-refractivity contribution in [1.29, 1.82) is 0 Å². The Bertz CT molecular complexity index is 1850. The largest absolute Gasteiger partial charge is 0.390 e. The summed E-state index contributed by atoms with van der Waals surface area (Å²) in [6.07, 6.45) is -4.09. The molecule has 65 heavy (non-hydrogen) atoms. The summed E-state index contributed by atoms with van der Waals surface area (Å²) in [5.74, 6) is -1.35. The Labute approximate surface area is 383 Å². The van der Waals surface area contributed by atoms with Crippen LogP contribution in [0.2, 0.25) is 0 Å². The van der Waals surface area contributed by atoms with E-state index in [0.29, 0.717) is 38.5 Å².